The number of anilines is 1. The summed E-state index contributed by atoms with van der Waals surface area (Å²) in [6, 6.07) is 8.65. The van der Waals surface area contributed by atoms with Crippen LogP contribution in [0.15, 0.2) is 34.9 Å². The Labute approximate surface area is 143 Å². The number of fused-ring (bicyclic) bond motifs is 1. The number of halogens is 1. The van der Waals surface area contributed by atoms with Crippen molar-refractivity contribution in [1.82, 2.24) is 15.2 Å². The number of benzene rings is 1. The van der Waals surface area contributed by atoms with Crippen molar-refractivity contribution in [3.63, 3.8) is 0 Å². The molecule has 1 aromatic heterocycles. The van der Waals surface area contributed by atoms with Crippen LogP contribution < -0.4 is 10.2 Å². The molecule has 1 atom stereocenters. The molecule has 0 spiro atoms. The summed E-state index contributed by atoms with van der Waals surface area (Å²) in [4.78, 5) is 20.8. The van der Waals surface area contributed by atoms with E-state index >= 15 is 0 Å². The van der Waals surface area contributed by atoms with Gasteiger partial charge in [0, 0.05) is 47.9 Å². The van der Waals surface area contributed by atoms with Crippen molar-refractivity contribution in [1.29, 1.82) is 0 Å². The van der Waals surface area contributed by atoms with Crippen molar-refractivity contribution >= 4 is 38.6 Å². The van der Waals surface area contributed by atoms with Crippen LogP contribution >= 0.6 is 15.9 Å². The quantitative estimate of drug-likeness (QED) is 0.878. The summed E-state index contributed by atoms with van der Waals surface area (Å²) in [5.74, 6) is 0. The van der Waals surface area contributed by atoms with Crippen LogP contribution in [0.4, 0.5) is 10.5 Å². The second kappa shape index (κ2) is 6.00. The fourth-order valence-electron chi connectivity index (χ4n) is 3.64. The van der Waals surface area contributed by atoms with Crippen molar-refractivity contribution in [2.45, 2.75) is 18.9 Å². The van der Waals surface area contributed by atoms with E-state index in [1.807, 2.05) is 23.2 Å². The average Bonchev–Trinajstić information content (AvgIpc) is 3.00. The fraction of sp³-hybridized carbons (Fsp3) is 0.412. The molecule has 2 aromatic rings. The van der Waals surface area contributed by atoms with Crippen molar-refractivity contribution in [3.8, 4) is 0 Å². The van der Waals surface area contributed by atoms with Gasteiger partial charge in [0.2, 0.25) is 0 Å². The normalized spacial score (nSPS) is 21.8. The number of pyridine rings is 1. The van der Waals surface area contributed by atoms with Gasteiger partial charge in [-0.15, -0.1) is 0 Å². The van der Waals surface area contributed by atoms with Crippen LogP contribution in [0, 0.1) is 0 Å². The summed E-state index contributed by atoms with van der Waals surface area (Å²) in [6.07, 6.45) is 4.06. The van der Waals surface area contributed by atoms with E-state index in [-0.39, 0.29) is 6.03 Å². The lowest BCUT2D eigenvalue weighted by molar-refractivity contribution is 0.189. The molecule has 120 valence electrons. The molecular formula is C17H19BrN4O. The zero-order valence-electron chi connectivity index (χ0n) is 12.8. The zero-order valence-corrected chi connectivity index (χ0v) is 14.4. The fourth-order valence-corrected chi connectivity index (χ4v) is 4.00. The van der Waals surface area contributed by atoms with Crippen molar-refractivity contribution in [3.05, 3.63) is 34.9 Å². The summed E-state index contributed by atoms with van der Waals surface area (Å²) in [7, 11) is 0. The molecule has 1 aromatic carbocycles. The van der Waals surface area contributed by atoms with Gasteiger partial charge in [0.05, 0.1) is 11.6 Å². The molecule has 3 heterocycles. The molecule has 0 bridgehead atoms. The number of hydrogen-bond acceptors (Lipinski definition) is 3. The van der Waals surface area contributed by atoms with Crippen LogP contribution in [0.25, 0.3) is 10.9 Å². The number of urea groups is 1. The highest BCUT2D eigenvalue weighted by Gasteiger charge is 2.31. The van der Waals surface area contributed by atoms with Gasteiger partial charge in [-0.1, -0.05) is 15.9 Å². The van der Waals surface area contributed by atoms with Gasteiger partial charge in [-0.25, -0.2) is 4.79 Å². The van der Waals surface area contributed by atoms with Crippen LogP contribution in [0.1, 0.15) is 12.8 Å². The Morgan fingerprint density at radius 3 is 3.00 bits per heavy atom. The van der Waals surface area contributed by atoms with E-state index in [2.05, 4.69) is 43.3 Å². The summed E-state index contributed by atoms with van der Waals surface area (Å²) in [5, 5.41) is 4.07. The monoisotopic (exact) mass is 374 g/mol. The molecule has 2 fully saturated rings. The molecule has 5 nitrogen and oxygen atoms in total. The zero-order chi connectivity index (χ0) is 15.8. The topological polar surface area (TPSA) is 48.5 Å². The standard InChI is InChI=1S/C17H19BrN4O/c18-12-3-4-15-14(10-12)16(5-6-19-15)21-8-1-2-13(11-21)22-9-7-20-17(22)23/h3-6,10,13H,1-2,7-9,11H2,(H,20,23). The summed E-state index contributed by atoms with van der Waals surface area (Å²) in [5.41, 5.74) is 2.22. The van der Waals surface area contributed by atoms with Gasteiger partial charge < -0.3 is 15.1 Å². The Bertz CT molecular complexity index is 750. The molecule has 2 amide bonds. The van der Waals surface area contributed by atoms with Gasteiger partial charge in [-0.2, -0.15) is 0 Å². The number of hydrogen-bond donors (Lipinski definition) is 1. The first-order valence-electron chi connectivity index (χ1n) is 8.06. The highest BCUT2D eigenvalue weighted by Crippen LogP contribution is 2.31. The number of piperidine rings is 1. The largest absolute Gasteiger partial charge is 0.369 e. The number of amides is 2. The van der Waals surface area contributed by atoms with Gasteiger partial charge in [0.25, 0.3) is 0 Å². The Morgan fingerprint density at radius 2 is 2.17 bits per heavy atom. The molecule has 2 saturated heterocycles. The van der Waals surface area contributed by atoms with E-state index in [1.54, 1.807) is 0 Å². The van der Waals surface area contributed by atoms with Gasteiger partial charge in [-0.05, 0) is 37.1 Å². The number of carbonyl (C=O) groups is 1. The first-order valence-corrected chi connectivity index (χ1v) is 8.85. The predicted octanol–water partition coefficient (Wildman–Crippen LogP) is 2.99. The second-order valence-corrected chi connectivity index (χ2v) is 7.07. The molecular weight excluding hydrogens is 356 g/mol. The minimum atomic E-state index is 0.0826. The van der Waals surface area contributed by atoms with Gasteiger partial charge in [0.15, 0.2) is 0 Å². The van der Waals surface area contributed by atoms with E-state index in [9.17, 15) is 4.79 Å². The Hall–Kier alpha value is -1.82. The molecule has 0 saturated carbocycles. The lowest BCUT2D eigenvalue weighted by Gasteiger charge is -2.38. The Kier molecular flexibility index (Phi) is 3.85. The van der Waals surface area contributed by atoms with E-state index in [4.69, 9.17) is 0 Å². The minimum absolute atomic E-state index is 0.0826. The van der Waals surface area contributed by atoms with Crippen LogP contribution in [-0.4, -0.2) is 48.1 Å². The summed E-state index contributed by atoms with van der Waals surface area (Å²) < 4.78 is 1.06. The van der Waals surface area contributed by atoms with Crippen LogP contribution in [0.5, 0.6) is 0 Å². The molecule has 23 heavy (non-hydrogen) atoms. The highest BCUT2D eigenvalue weighted by molar-refractivity contribution is 9.10. The van der Waals surface area contributed by atoms with Crippen molar-refractivity contribution in [2.24, 2.45) is 0 Å². The highest BCUT2D eigenvalue weighted by atomic mass is 79.9. The molecule has 2 aliphatic heterocycles. The van der Waals surface area contributed by atoms with E-state index < -0.39 is 0 Å². The maximum Gasteiger partial charge on any atom is 0.317 e. The number of aromatic nitrogens is 1. The molecule has 4 rings (SSSR count). The molecule has 0 radical (unpaired) electrons. The molecule has 2 aliphatic rings. The summed E-state index contributed by atoms with van der Waals surface area (Å²) in [6.45, 7) is 3.50. The predicted molar refractivity (Wildman–Crippen MR) is 94.8 cm³/mol. The number of rotatable bonds is 2. The maximum absolute atomic E-state index is 12.0. The first kappa shape index (κ1) is 14.8. The van der Waals surface area contributed by atoms with Gasteiger partial charge in [0.1, 0.15) is 0 Å². The van der Waals surface area contributed by atoms with Crippen LogP contribution in [-0.2, 0) is 0 Å². The SMILES string of the molecule is O=C1NCCN1C1CCCN(c2ccnc3ccc(Br)cc23)C1. The summed E-state index contributed by atoms with van der Waals surface area (Å²) >= 11 is 3.56. The minimum Gasteiger partial charge on any atom is -0.369 e. The van der Waals surface area contributed by atoms with E-state index in [1.165, 1.54) is 5.69 Å². The number of carbonyl (C=O) groups excluding carboxylic acids is 1. The first-order chi connectivity index (χ1) is 11.2. The molecule has 0 aliphatic carbocycles. The van der Waals surface area contributed by atoms with Gasteiger partial charge in [-0.3, -0.25) is 4.98 Å². The lowest BCUT2D eigenvalue weighted by atomic mass is 10.0. The molecule has 1 unspecified atom stereocenters. The number of nitrogens with one attached hydrogen (secondary N) is 1. The third-order valence-corrected chi connectivity index (χ3v) is 5.24. The van der Waals surface area contributed by atoms with Crippen LogP contribution in [0.3, 0.4) is 0 Å². The van der Waals surface area contributed by atoms with E-state index in [0.717, 1.165) is 54.4 Å². The Morgan fingerprint density at radius 1 is 1.26 bits per heavy atom. The Balaban J connectivity index is 1.65. The number of nitrogens with zero attached hydrogens (tertiary/aromatic N) is 3. The van der Waals surface area contributed by atoms with E-state index in [0.29, 0.717) is 6.04 Å². The third-order valence-electron chi connectivity index (χ3n) is 4.75. The van der Waals surface area contributed by atoms with Crippen LogP contribution in [0.2, 0.25) is 0 Å². The maximum atomic E-state index is 12.0. The third kappa shape index (κ3) is 2.76. The second-order valence-electron chi connectivity index (χ2n) is 6.16. The molecule has 1 N–H and O–H groups in total. The molecule has 6 heteroatoms. The average molecular weight is 375 g/mol. The van der Waals surface area contributed by atoms with Gasteiger partial charge >= 0.3 is 6.03 Å². The lowest BCUT2D eigenvalue weighted by Crippen LogP contribution is -2.49. The smallest absolute Gasteiger partial charge is 0.317 e. The van der Waals surface area contributed by atoms with Crippen molar-refractivity contribution in [2.75, 3.05) is 31.1 Å². The van der Waals surface area contributed by atoms with Crippen molar-refractivity contribution < 1.29 is 4.79 Å².